The van der Waals surface area contributed by atoms with Crippen molar-refractivity contribution in [3.8, 4) is 5.75 Å². The second-order valence-corrected chi connectivity index (χ2v) is 4.24. The van der Waals surface area contributed by atoms with Gasteiger partial charge in [-0.2, -0.15) is 0 Å². The molecule has 0 aromatic heterocycles. The van der Waals surface area contributed by atoms with Gasteiger partial charge in [0.15, 0.2) is 0 Å². The van der Waals surface area contributed by atoms with Crippen LogP contribution >= 0.6 is 11.6 Å². The first-order chi connectivity index (χ1) is 8.20. The molecule has 0 amide bonds. The maximum Gasteiger partial charge on any atom is 0.120 e. The van der Waals surface area contributed by atoms with E-state index in [1.54, 1.807) is 7.11 Å². The summed E-state index contributed by atoms with van der Waals surface area (Å²) in [5, 5.41) is 0.701. The summed E-state index contributed by atoms with van der Waals surface area (Å²) < 4.78 is 5.11. The van der Waals surface area contributed by atoms with Gasteiger partial charge < -0.3 is 10.5 Å². The predicted molar refractivity (Wildman–Crippen MR) is 71.7 cm³/mol. The van der Waals surface area contributed by atoms with E-state index in [1.165, 1.54) is 0 Å². The first kappa shape index (κ1) is 11.8. The Hall–Kier alpha value is -1.67. The normalized spacial score (nSPS) is 10.2. The number of benzene rings is 2. The Balaban J connectivity index is 2.28. The number of methoxy groups -OCH3 is 1. The molecule has 88 valence electrons. The molecule has 0 spiro atoms. The SMILES string of the molecule is COc1ccc(Cc2ccccc2N)c(Cl)c1. The smallest absolute Gasteiger partial charge is 0.120 e. The van der Waals surface area contributed by atoms with Gasteiger partial charge >= 0.3 is 0 Å². The molecule has 0 heterocycles. The van der Waals surface area contributed by atoms with Crippen LogP contribution in [-0.2, 0) is 6.42 Å². The Kier molecular flexibility index (Phi) is 3.55. The molecule has 0 bridgehead atoms. The van der Waals surface area contributed by atoms with Crippen LogP contribution in [0.2, 0.25) is 5.02 Å². The Morgan fingerprint density at radius 1 is 1.12 bits per heavy atom. The molecular weight excluding hydrogens is 234 g/mol. The second-order valence-electron chi connectivity index (χ2n) is 3.83. The third-order valence-electron chi connectivity index (χ3n) is 2.70. The van der Waals surface area contributed by atoms with Gasteiger partial charge in [0.05, 0.1) is 7.11 Å². The molecule has 0 radical (unpaired) electrons. The number of nitrogen functional groups attached to an aromatic ring is 1. The number of hydrogen-bond donors (Lipinski definition) is 1. The number of rotatable bonds is 3. The highest BCUT2D eigenvalue weighted by Crippen LogP contribution is 2.26. The lowest BCUT2D eigenvalue weighted by molar-refractivity contribution is 0.414. The van der Waals surface area contributed by atoms with E-state index in [4.69, 9.17) is 22.1 Å². The first-order valence-electron chi connectivity index (χ1n) is 5.36. The molecule has 2 N–H and O–H groups in total. The van der Waals surface area contributed by atoms with Crippen molar-refractivity contribution in [1.29, 1.82) is 0 Å². The first-order valence-corrected chi connectivity index (χ1v) is 5.74. The molecule has 2 rings (SSSR count). The zero-order valence-electron chi connectivity index (χ0n) is 9.61. The Labute approximate surface area is 106 Å². The van der Waals surface area contributed by atoms with Crippen molar-refractivity contribution in [1.82, 2.24) is 0 Å². The molecule has 2 nitrogen and oxygen atoms in total. The van der Waals surface area contributed by atoms with Crippen molar-refractivity contribution in [3.63, 3.8) is 0 Å². The molecule has 0 unspecified atom stereocenters. The Morgan fingerprint density at radius 2 is 1.88 bits per heavy atom. The number of ether oxygens (including phenoxy) is 1. The molecule has 2 aromatic carbocycles. The van der Waals surface area contributed by atoms with E-state index in [0.29, 0.717) is 5.02 Å². The third-order valence-corrected chi connectivity index (χ3v) is 3.05. The zero-order chi connectivity index (χ0) is 12.3. The summed E-state index contributed by atoms with van der Waals surface area (Å²) in [6.45, 7) is 0. The summed E-state index contributed by atoms with van der Waals surface area (Å²) in [5.41, 5.74) is 8.83. The maximum atomic E-state index is 6.19. The number of para-hydroxylation sites is 1. The van der Waals surface area contributed by atoms with Gasteiger partial charge in [-0.3, -0.25) is 0 Å². The number of anilines is 1. The molecule has 0 aliphatic rings. The second kappa shape index (κ2) is 5.11. The van der Waals surface area contributed by atoms with Crippen LogP contribution in [-0.4, -0.2) is 7.11 Å². The summed E-state index contributed by atoms with van der Waals surface area (Å²) in [6, 6.07) is 13.5. The highest BCUT2D eigenvalue weighted by molar-refractivity contribution is 6.31. The molecule has 0 fully saturated rings. The van der Waals surface area contributed by atoms with E-state index in [0.717, 1.165) is 29.0 Å². The minimum Gasteiger partial charge on any atom is -0.497 e. The summed E-state index contributed by atoms with van der Waals surface area (Å²) >= 11 is 6.19. The number of nitrogens with two attached hydrogens (primary N) is 1. The summed E-state index contributed by atoms with van der Waals surface area (Å²) in [7, 11) is 1.63. The van der Waals surface area contributed by atoms with Crippen molar-refractivity contribution in [2.24, 2.45) is 0 Å². The van der Waals surface area contributed by atoms with E-state index < -0.39 is 0 Å². The van der Waals surface area contributed by atoms with Gasteiger partial charge in [-0.1, -0.05) is 35.9 Å². The lowest BCUT2D eigenvalue weighted by Crippen LogP contribution is -1.96. The minimum atomic E-state index is 0.701. The van der Waals surface area contributed by atoms with E-state index in [2.05, 4.69) is 0 Å². The standard InChI is InChI=1S/C14H14ClNO/c1-17-12-7-6-10(13(15)9-12)8-11-4-2-3-5-14(11)16/h2-7,9H,8,16H2,1H3. The summed E-state index contributed by atoms with van der Waals surface area (Å²) in [5.74, 6) is 0.764. The van der Waals surface area contributed by atoms with Gasteiger partial charge in [0.2, 0.25) is 0 Å². The van der Waals surface area contributed by atoms with Gasteiger partial charge in [0.25, 0.3) is 0 Å². The summed E-state index contributed by atoms with van der Waals surface area (Å²) in [6.07, 6.45) is 0.732. The van der Waals surface area contributed by atoms with Crippen LogP contribution in [0.5, 0.6) is 5.75 Å². The van der Waals surface area contributed by atoms with Crippen molar-refractivity contribution < 1.29 is 4.74 Å². The largest absolute Gasteiger partial charge is 0.497 e. The van der Waals surface area contributed by atoms with Crippen molar-refractivity contribution in [3.05, 3.63) is 58.6 Å². The van der Waals surface area contributed by atoms with Gasteiger partial charge in [-0.15, -0.1) is 0 Å². The highest BCUT2D eigenvalue weighted by Gasteiger charge is 2.05. The molecule has 0 saturated heterocycles. The van der Waals surface area contributed by atoms with Crippen LogP contribution < -0.4 is 10.5 Å². The fraction of sp³-hybridized carbons (Fsp3) is 0.143. The molecule has 2 aromatic rings. The van der Waals surface area contributed by atoms with Crippen molar-refractivity contribution >= 4 is 17.3 Å². The topological polar surface area (TPSA) is 35.2 Å². The Morgan fingerprint density at radius 3 is 2.53 bits per heavy atom. The van der Waals surface area contributed by atoms with Crippen LogP contribution in [0.4, 0.5) is 5.69 Å². The average molecular weight is 248 g/mol. The van der Waals surface area contributed by atoms with Crippen LogP contribution in [0.1, 0.15) is 11.1 Å². The molecule has 17 heavy (non-hydrogen) atoms. The number of halogens is 1. The quantitative estimate of drug-likeness (QED) is 0.843. The van der Waals surface area contributed by atoms with Gasteiger partial charge in [-0.05, 0) is 29.3 Å². The van der Waals surface area contributed by atoms with E-state index in [9.17, 15) is 0 Å². The zero-order valence-corrected chi connectivity index (χ0v) is 10.4. The van der Waals surface area contributed by atoms with E-state index >= 15 is 0 Å². The number of hydrogen-bond acceptors (Lipinski definition) is 2. The molecule has 0 atom stereocenters. The van der Waals surface area contributed by atoms with Crippen LogP contribution in [0, 0.1) is 0 Å². The van der Waals surface area contributed by atoms with E-state index in [-0.39, 0.29) is 0 Å². The monoisotopic (exact) mass is 247 g/mol. The third kappa shape index (κ3) is 2.71. The summed E-state index contributed by atoms with van der Waals surface area (Å²) in [4.78, 5) is 0. The molecule has 0 saturated carbocycles. The lowest BCUT2D eigenvalue weighted by Gasteiger charge is -2.08. The van der Waals surface area contributed by atoms with Crippen LogP contribution in [0.3, 0.4) is 0 Å². The van der Waals surface area contributed by atoms with Gasteiger partial charge in [-0.25, -0.2) is 0 Å². The fourth-order valence-electron chi connectivity index (χ4n) is 1.70. The molecular formula is C14H14ClNO. The molecule has 3 heteroatoms. The van der Waals surface area contributed by atoms with Crippen molar-refractivity contribution in [2.45, 2.75) is 6.42 Å². The average Bonchev–Trinajstić information content (AvgIpc) is 2.34. The van der Waals surface area contributed by atoms with Crippen LogP contribution in [0.15, 0.2) is 42.5 Å². The van der Waals surface area contributed by atoms with Gasteiger partial charge in [0.1, 0.15) is 5.75 Å². The Bertz CT molecular complexity index is 525. The predicted octanol–water partition coefficient (Wildman–Crippen LogP) is 3.52. The van der Waals surface area contributed by atoms with Gasteiger partial charge in [0, 0.05) is 17.1 Å². The maximum absolute atomic E-state index is 6.19. The fourth-order valence-corrected chi connectivity index (χ4v) is 1.94. The highest BCUT2D eigenvalue weighted by atomic mass is 35.5. The van der Waals surface area contributed by atoms with E-state index in [1.807, 2.05) is 42.5 Å². The van der Waals surface area contributed by atoms with Crippen molar-refractivity contribution in [2.75, 3.05) is 12.8 Å². The van der Waals surface area contributed by atoms with Crippen LogP contribution in [0.25, 0.3) is 0 Å². The minimum absolute atomic E-state index is 0.701. The lowest BCUT2D eigenvalue weighted by atomic mass is 10.0. The molecule has 0 aliphatic carbocycles. The molecule has 0 aliphatic heterocycles.